The molecule has 43 heavy (non-hydrogen) atoms. The molecule has 0 aromatic rings. The van der Waals surface area contributed by atoms with Gasteiger partial charge in [0, 0.05) is 130 Å². The molecule has 0 radical (unpaired) electrons. The SMILES string of the molecule is CC#CC#CC#CC#CC#CC#CC#CC#CC#CC#CC#CC#CC#CC#CC#CC#CC#CC#CC#CC#CP=S. The normalized spacial score (nSPS) is 4.21. The Morgan fingerprint density at radius 1 is 0.233 bits per heavy atom. The Bertz CT molecular complexity index is 2480. The van der Waals surface area contributed by atoms with Crippen LogP contribution < -0.4 is 0 Å². The lowest BCUT2D eigenvalue weighted by Gasteiger charge is -1.57. The first-order valence-corrected chi connectivity index (χ1v) is 12.6. The summed E-state index contributed by atoms with van der Waals surface area (Å²) >= 11 is 4.61. The summed E-state index contributed by atoms with van der Waals surface area (Å²) in [7, 11) is 0.545. The standard InChI is InChI=1S/C41H3PS/c1-2-3-4-5-6-7-8-9-10-11-12-13-14-15-16-17-18-19-20-21-22-23-24-25-26-27-28-29-30-31-32-33-34-35-36-37-38-39-40-41-42-43/h1H3. The Kier molecular flexibility index (Phi) is 27.2. The molecule has 0 N–H and O–H groups in total. The van der Waals surface area contributed by atoms with E-state index in [4.69, 9.17) is 0 Å². The lowest BCUT2D eigenvalue weighted by Crippen LogP contribution is -1.57. The van der Waals surface area contributed by atoms with E-state index in [2.05, 4.69) is 248 Å². The number of hydrogen-bond donors (Lipinski definition) is 0. The van der Waals surface area contributed by atoms with Crippen LogP contribution in [0.5, 0.6) is 0 Å². The molecule has 0 bridgehead atoms. The molecule has 0 saturated carbocycles. The molecule has 0 rings (SSSR count). The van der Waals surface area contributed by atoms with Crippen molar-refractivity contribution >= 4 is 19.2 Å². The van der Waals surface area contributed by atoms with Crippen LogP contribution in [0.25, 0.3) is 0 Å². The molecule has 0 aromatic heterocycles. The summed E-state index contributed by atoms with van der Waals surface area (Å²) in [4.78, 5) is 0. The molecule has 0 heterocycles. The highest BCUT2D eigenvalue weighted by Gasteiger charge is 1.61. The number of hydrogen-bond acceptors (Lipinski definition) is 1. The summed E-state index contributed by atoms with van der Waals surface area (Å²) in [6, 6.07) is 0. The number of rotatable bonds is 0. The van der Waals surface area contributed by atoms with Crippen LogP contribution in [0.2, 0.25) is 0 Å². The van der Waals surface area contributed by atoms with Crippen molar-refractivity contribution in [1.82, 2.24) is 0 Å². The Labute approximate surface area is 261 Å². The van der Waals surface area contributed by atoms with Crippen molar-refractivity contribution in [3.05, 3.63) is 0 Å². The average Bonchev–Trinajstić information content (AvgIpc) is 3.02. The molecule has 0 nitrogen and oxygen atoms in total. The maximum atomic E-state index is 4.61. The highest BCUT2D eigenvalue weighted by Crippen LogP contribution is 1.80. The molecule has 0 unspecified atom stereocenters. The van der Waals surface area contributed by atoms with Crippen LogP contribution >= 0.6 is 7.36 Å². The van der Waals surface area contributed by atoms with Gasteiger partial charge in [-0.1, -0.05) is 5.92 Å². The lowest BCUT2D eigenvalue weighted by molar-refractivity contribution is 1.92. The topological polar surface area (TPSA) is 0 Å². The zero-order valence-electron chi connectivity index (χ0n) is 21.9. The van der Waals surface area contributed by atoms with Crippen LogP contribution in [0.4, 0.5) is 0 Å². The van der Waals surface area contributed by atoms with Gasteiger partial charge in [-0.05, 0) is 119 Å². The van der Waals surface area contributed by atoms with Crippen molar-refractivity contribution in [2.24, 2.45) is 0 Å². The second-order valence-electron chi connectivity index (χ2n) is 5.20. The second kappa shape index (κ2) is 33.7. The van der Waals surface area contributed by atoms with Crippen molar-refractivity contribution in [3.8, 4) is 237 Å². The van der Waals surface area contributed by atoms with Gasteiger partial charge in [0.05, 0.1) is 7.36 Å². The smallest absolute Gasteiger partial charge is 0.0636 e. The maximum Gasteiger partial charge on any atom is 0.0636 e. The molecule has 2 heteroatoms. The van der Waals surface area contributed by atoms with E-state index < -0.39 is 0 Å². The van der Waals surface area contributed by atoms with Crippen molar-refractivity contribution < 1.29 is 0 Å². The Balaban J connectivity index is 4.53. The minimum atomic E-state index is 0.545. The molecule has 0 aromatic carbocycles. The van der Waals surface area contributed by atoms with E-state index >= 15 is 0 Å². The van der Waals surface area contributed by atoms with Crippen LogP contribution in [0.15, 0.2) is 0 Å². The fourth-order valence-corrected chi connectivity index (χ4v) is 1.48. The molecule has 0 aliphatic rings. The molecule has 0 aliphatic carbocycles. The highest BCUT2D eigenvalue weighted by molar-refractivity contribution is 7.98. The summed E-state index contributed by atoms with van der Waals surface area (Å²) in [6.07, 6.45) is 0. The summed E-state index contributed by atoms with van der Waals surface area (Å²) < 4.78 is 0. The summed E-state index contributed by atoms with van der Waals surface area (Å²) in [6.45, 7) is 1.69. The van der Waals surface area contributed by atoms with Crippen molar-refractivity contribution in [1.29, 1.82) is 0 Å². The second-order valence-corrected chi connectivity index (χ2v) is 6.16. The third-order valence-corrected chi connectivity index (χ3v) is 3.02. The third-order valence-electron chi connectivity index (χ3n) is 2.54. The molecule has 0 atom stereocenters. The zero-order chi connectivity index (χ0) is 31.0. The van der Waals surface area contributed by atoms with E-state index in [9.17, 15) is 0 Å². The van der Waals surface area contributed by atoms with E-state index in [0.717, 1.165) is 0 Å². The summed E-state index contributed by atoms with van der Waals surface area (Å²) in [5.41, 5.74) is 2.59. The maximum absolute atomic E-state index is 4.61. The van der Waals surface area contributed by atoms with Gasteiger partial charge in [0.15, 0.2) is 0 Å². The molecule has 0 aliphatic heterocycles. The third kappa shape index (κ3) is 33.7. The van der Waals surface area contributed by atoms with Crippen molar-refractivity contribution in [2.45, 2.75) is 6.92 Å². The van der Waals surface area contributed by atoms with Gasteiger partial charge < -0.3 is 0 Å². The van der Waals surface area contributed by atoms with E-state index in [1.165, 1.54) is 0 Å². The first-order valence-electron chi connectivity index (χ1n) is 10.7. The quantitative estimate of drug-likeness (QED) is 0.321. The Morgan fingerprint density at radius 2 is 0.372 bits per heavy atom. The zero-order valence-corrected chi connectivity index (χ0v) is 23.6. The molecular formula is C41H3PS. The Hall–Kier alpha value is -8.28. The van der Waals surface area contributed by atoms with Crippen molar-refractivity contribution in [3.63, 3.8) is 0 Å². The molecule has 0 spiro atoms. The highest BCUT2D eigenvalue weighted by atomic mass is 32.4. The molecule has 0 amide bonds. The molecule has 178 valence electrons. The first kappa shape index (κ1) is 34.7. The molecular weight excluding hydrogens is 555 g/mol. The van der Waals surface area contributed by atoms with Crippen LogP contribution in [0.3, 0.4) is 0 Å². The van der Waals surface area contributed by atoms with Crippen LogP contribution in [-0.4, -0.2) is 0 Å². The minimum Gasteiger partial charge on any atom is -0.0925 e. The monoisotopic (exact) mass is 558 g/mol. The van der Waals surface area contributed by atoms with Crippen LogP contribution in [-0.2, 0) is 11.8 Å². The van der Waals surface area contributed by atoms with Gasteiger partial charge in [0.1, 0.15) is 0 Å². The molecule has 0 fully saturated rings. The van der Waals surface area contributed by atoms with Gasteiger partial charge in [0.25, 0.3) is 0 Å². The van der Waals surface area contributed by atoms with Gasteiger partial charge >= 0.3 is 0 Å². The predicted octanol–water partition coefficient (Wildman–Crippen LogP) is 1.44. The van der Waals surface area contributed by atoms with E-state index in [0.29, 0.717) is 7.36 Å². The minimum absolute atomic E-state index is 0.545. The van der Waals surface area contributed by atoms with Crippen LogP contribution in [0.1, 0.15) is 6.92 Å². The average molecular weight is 559 g/mol. The largest absolute Gasteiger partial charge is 0.0925 e. The fraction of sp³-hybridized carbons (Fsp3) is 0.0244. The van der Waals surface area contributed by atoms with Gasteiger partial charge in [-0.3, -0.25) is 0 Å². The van der Waals surface area contributed by atoms with E-state index in [1.54, 1.807) is 6.92 Å². The van der Waals surface area contributed by atoms with E-state index in [1.807, 2.05) is 0 Å². The van der Waals surface area contributed by atoms with Gasteiger partial charge in [-0.15, -0.1) is 0 Å². The summed E-state index contributed by atoms with van der Waals surface area (Å²) in [5.74, 6) is 97.8. The van der Waals surface area contributed by atoms with Crippen molar-refractivity contribution in [2.75, 3.05) is 0 Å². The van der Waals surface area contributed by atoms with Crippen LogP contribution in [0, 0.1) is 237 Å². The summed E-state index contributed by atoms with van der Waals surface area (Å²) in [5, 5.41) is 0. The van der Waals surface area contributed by atoms with Gasteiger partial charge in [0.2, 0.25) is 0 Å². The first-order chi connectivity index (χ1) is 21.4. The predicted molar refractivity (Wildman–Crippen MR) is 175 cm³/mol. The lowest BCUT2D eigenvalue weighted by atomic mass is 10.4. The van der Waals surface area contributed by atoms with E-state index in [-0.39, 0.29) is 0 Å². The molecule has 0 saturated heterocycles. The van der Waals surface area contributed by atoms with Gasteiger partial charge in [-0.2, -0.15) is 0 Å². The Morgan fingerprint density at radius 3 is 0.512 bits per heavy atom. The fourth-order valence-electron chi connectivity index (χ4n) is 1.24. The van der Waals surface area contributed by atoms with Gasteiger partial charge in [-0.25, -0.2) is 0 Å².